The molecule has 126 valence electrons. The molecule has 0 radical (unpaired) electrons. The van der Waals surface area contributed by atoms with Crippen LogP contribution in [0.4, 0.5) is 0 Å². The molecular formula is C19H28N2O2. The first-order valence-corrected chi connectivity index (χ1v) is 8.44. The van der Waals surface area contributed by atoms with Crippen molar-refractivity contribution in [3.8, 4) is 0 Å². The standard InChI is InChI=1S/C19H28N2O2/c1-5-21(14-16(22)20-18(2,3)4)17(23)19(12-9-13-19)15-10-7-6-8-11-15/h6-8,10-11H,5,9,12-14H2,1-4H3,(H,20,22). The number of carbonyl (C=O) groups is 2. The van der Waals surface area contributed by atoms with Crippen LogP contribution in [0.2, 0.25) is 0 Å². The van der Waals surface area contributed by atoms with Gasteiger partial charge >= 0.3 is 0 Å². The van der Waals surface area contributed by atoms with Crippen LogP contribution in [0.1, 0.15) is 52.5 Å². The first-order valence-electron chi connectivity index (χ1n) is 8.44. The molecule has 1 fully saturated rings. The van der Waals surface area contributed by atoms with Gasteiger partial charge in [0, 0.05) is 12.1 Å². The molecule has 0 aliphatic heterocycles. The predicted octanol–water partition coefficient (Wildman–Crippen LogP) is 2.87. The van der Waals surface area contributed by atoms with Gasteiger partial charge in [-0.1, -0.05) is 36.8 Å². The second-order valence-corrected chi connectivity index (χ2v) is 7.42. The lowest BCUT2D eigenvalue weighted by molar-refractivity contribution is -0.144. The van der Waals surface area contributed by atoms with Crippen LogP contribution in [0.15, 0.2) is 30.3 Å². The quantitative estimate of drug-likeness (QED) is 0.908. The first-order chi connectivity index (χ1) is 10.8. The number of nitrogens with zero attached hydrogens (tertiary/aromatic N) is 1. The second-order valence-electron chi connectivity index (χ2n) is 7.42. The Morgan fingerprint density at radius 3 is 2.22 bits per heavy atom. The molecule has 0 aromatic heterocycles. The van der Waals surface area contributed by atoms with Crippen molar-refractivity contribution in [2.24, 2.45) is 0 Å². The monoisotopic (exact) mass is 316 g/mol. The van der Waals surface area contributed by atoms with Crippen molar-refractivity contribution < 1.29 is 9.59 Å². The van der Waals surface area contributed by atoms with Crippen LogP contribution in [0, 0.1) is 0 Å². The summed E-state index contributed by atoms with van der Waals surface area (Å²) in [5.41, 5.74) is 0.359. The molecule has 0 spiro atoms. The molecule has 23 heavy (non-hydrogen) atoms. The van der Waals surface area contributed by atoms with Crippen molar-refractivity contribution in [2.75, 3.05) is 13.1 Å². The van der Waals surface area contributed by atoms with Gasteiger partial charge in [-0.15, -0.1) is 0 Å². The van der Waals surface area contributed by atoms with E-state index in [-0.39, 0.29) is 23.9 Å². The Morgan fingerprint density at radius 1 is 1.17 bits per heavy atom. The molecule has 1 N–H and O–H groups in total. The van der Waals surface area contributed by atoms with Gasteiger partial charge in [-0.05, 0) is 46.1 Å². The molecule has 1 saturated carbocycles. The van der Waals surface area contributed by atoms with Crippen LogP contribution >= 0.6 is 0 Å². The molecule has 2 rings (SSSR count). The average molecular weight is 316 g/mol. The minimum atomic E-state index is -0.431. The largest absolute Gasteiger partial charge is 0.350 e. The van der Waals surface area contributed by atoms with E-state index in [1.807, 2.05) is 58.0 Å². The zero-order valence-electron chi connectivity index (χ0n) is 14.7. The second kappa shape index (κ2) is 6.73. The summed E-state index contributed by atoms with van der Waals surface area (Å²) in [7, 11) is 0. The molecule has 0 bridgehead atoms. The van der Waals surface area contributed by atoms with Crippen LogP contribution in [0.3, 0.4) is 0 Å². The van der Waals surface area contributed by atoms with Gasteiger partial charge in [0.2, 0.25) is 11.8 Å². The van der Waals surface area contributed by atoms with Gasteiger partial charge < -0.3 is 10.2 Å². The Bertz CT molecular complexity index is 556. The third-order valence-electron chi connectivity index (χ3n) is 4.46. The fraction of sp³-hybridized carbons (Fsp3) is 0.579. The maximum Gasteiger partial charge on any atom is 0.240 e. The van der Waals surface area contributed by atoms with Crippen LogP contribution in [0.5, 0.6) is 0 Å². The van der Waals surface area contributed by atoms with E-state index in [0.29, 0.717) is 6.54 Å². The summed E-state index contributed by atoms with van der Waals surface area (Å²) in [4.78, 5) is 27.0. The molecule has 0 saturated heterocycles. The van der Waals surface area contributed by atoms with E-state index in [9.17, 15) is 9.59 Å². The summed E-state index contributed by atoms with van der Waals surface area (Å²) >= 11 is 0. The van der Waals surface area contributed by atoms with Gasteiger partial charge in [0.05, 0.1) is 12.0 Å². The molecule has 4 nitrogen and oxygen atoms in total. The van der Waals surface area contributed by atoms with Gasteiger partial charge in [-0.2, -0.15) is 0 Å². The van der Waals surface area contributed by atoms with E-state index >= 15 is 0 Å². The summed E-state index contributed by atoms with van der Waals surface area (Å²) in [5.74, 6) is -0.0169. The van der Waals surface area contributed by atoms with Crippen molar-refractivity contribution in [3.63, 3.8) is 0 Å². The van der Waals surface area contributed by atoms with Crippen LogP contribution in [-0.2, 0) is 15.0 Å². The highest BCUT2D eigenvalue weighted by Gasteiger charge is 2.47. The SMILES string of the molecule is CCN(CC(=O)NC(C)(C)C)C(=O)C1(c2ccccc2)CCC1. The van der Waals surface area contributed by atoms with E-state index in [1.54, 1.807) is 4.90 Å². The molecule has 1 aliphatic carbocycles. The zero-order valence-corrected chi connectivity index (χ0v) is 14.7. The number of hydrogen-bond donors (Lipinski definition) is 1. The Hall–Kier alpha value is -1.84. The Morgan fingerprint density at radius 2 is 1.78 bits per heavy atom. The normalized spacial score (nSPS) is 16.3. The topological polar surface area (TPSA) is 49.4 Å². The molecule has 2 amide bonds. The van der Waals surface area contributed by atoms with Gasteiger partial charge in [0.25, 0.3) is 0 Å². The van der Waals surface area contributed by atoms with Gasteiger partial charge in [-0.25, -0.2) is 0 Å². The lowest BCUT2D eigenvalue weighted by atomic mass is 9.63. The summed E-state index contributed by atoms with van der Waals surface area (Å²) in [6.45, 7) is 8.44. The van der Waals surface area contributed by atoms with E-state index in [2.05, 4.69) is 5.32 Å². The Kier molecular flexibility index (Phi) is 5.12. The number of hydrogen-bond acceptors (Lipinski definition) is 2. The molecular weight excluding hydrogens is 288 g/mol. The summed E-state index contributed by atoms with van der Waals surface area (Å²) in [5, 5.41) is 2.93. The van der Waals surface area contributed by atoms with Crippen molar-refractivity contribution in [1.29, 1.82) is 0 Å². The molecule has 1 aromatic carbocycles. The smallest absolute Gasteiger partial charge is 0.240 e. The Balaban J connectivity index is 2.14. The summed E-state index contributed by atoms with van der Waals surface area (Å²) in [6, 6.07) is 9.98. The average Bonchev–Trinajstić information content (AvgIpc) is 2.42. The van der Waals surface area contributed by atoms with E-state index in [4.69, 9.17) is 0 Å². The third-order valence-corrected chi connectivity index (χ3v) is 4.46. The third kappa shape index (κ3) is 3.92. The maximum atomic E-state index is 13.1. The van der Waals surface area contributed by atoms with Crippen molar-refractivity contribution in [1.82, 2.24) is 10.2 Å². The van der Waals surface area contributed by atoms with Gasteiger partial charge in [-0.3, -0.25) is 9.59 Å². The number of amides is 2. The van der Waals surface area contributed by atoms with Crippen LogP contribution in [-0.4, -0.2) is 35.3 Å². The molecule has 4 heteroatoms. The Labute approximate surface area is 139 Å². The van der Waals surface area contributed by atoms with Crippen LogP contribution in [0.25, 0.3) is 0 Å². The highest BCUT2D eigenvalue weighted by molar-refractivity contribution is 5.92. The number of carbonyl (C=O) groups excluding carboxylic acids is 2. The molecule has 1 aromatic rings. The van der Waals surface area contributed by atoms with Gasteiger partial charge in [0.1, 0.15) is 0 Å². The van der Waals surface area contributed by atoms with Crippen molar-refractivity contribution in [3.05, 3.63) is 35.9 Å². The molecule has 0 heterocycles. The fourth-order valence-electron chi connectivity index (χ4n) is 3.17. The minimum absolute atomic E-state index is 0.0847. The highest BCUT2D eigenvalue weighted by atomic mass is 16.2. The number of rotatable bonds is 5. The van der Waals surface area contributed by atoms with Crippen LogP contribution < -0.4 is 5.32 Å². The zero-order chi connectivity index (χ0) is 17.1. The molecule has 0 unspecified atom stereocenters. The van der Waals surface area contributed by atoms with E-state index < -0.39 is 5.41 Å². The number of likely N-dealkylation sites (N-methyl/N-ethyl adjacent to an activating group) is 1. The number of benzene rings is 1. The minimum Gasteiger partial charge on any atom is -0.350 e. The summed E-state index contributed by atoms with van der Waals surface area (Å²) < 4.78 is 0. The van der Waals surface area contributed by atoms with Crippen molar-refractivity contribution in [2.45, 2.75) is 57.9 Å². The van der Waals surface area contributed by atoms with E-state index in [1.165, 1.54) is 0 Å². The first kappa shape index (κ1) is 17.5. The summed E-state index contributed by atoms with van der Waals surface area (Å²) in [6.07, 6.45) is 2.80. The molecule has 0 atom stereocenters. The predicted molar refractivity (Wildman–Crippen MR) is 92.1 cm³/mol. The highest BCUT2D eigenvalue weighted by Crippen LogP contribution is 2.45. The fourth-order valence-corrected chi connectivity index (χ4v) is 3.17. The molecule has 1 aliphatic rings. The van der Waals surface area contributed by atoms with Crippen molar-refractivity contribution >= 4 is 11.8 Å². The maximum absolute atomic E-state index is 13.1. The van der Waals surface area contributed by atoms with E-state index in [0.717, 1.165) is 24.8 Å². The lowest BCUT2D eigenvalue weighted by Crippen LogP contribution is -2.54. The lowest BCUT2D eigenvalue weighted by Gasteiger charge is -2.43. The number of nitrogens with one attached hydrogen (secondary N) is 1. The van der Waals surface area contributed by atoms with Gasteiger partial charge in [0.15, 0.2) is 0 Å².